The third-order valence-corrected chi connectivity index (χ3v) is 5.89. The fraction of sp³-hybridized carbons (Fsp3) is 0.400. The summed E-state index contributed by atoms with van der Waals surface area (Å²) in [6.45, 7) is 0. The molecule has 130 valence electrons. The van der Waals surface area contributed by atoms with Gasteiger partial charge < -0.3 is 9.64 Å². The molecular weight excluding hydrogens is 332 g/mol. The number of rotatable bonds is 4. The van der Waals surface area contributed by atoms with Gasteiger partial charge in [0.15, 0.2) is 0 Å². The maximum absolute atomic E-state index is 13.1. The molecule has 0 spiro atoms. The van der Waals surface area contributed by atoms with Crippen LogP contribution in [0, 0.1) is 0 Å². The lowest BCUT2D eigenvalue weighted by Crippen LogP contribution is -2.49. The van der Waals surface area contributed by atoms with E-state index in [1.54, 1.807) is 18.0 Å². The van der Waals surface area contributed by atoms with Gasteiger partial charge in [-0.2, -0.15) is 0 Å². The maximum atomic E-state index is 13.1. The highest BCUT2D eigenvalue weighted by molar-refractivity contribution is 7.98. The first-order chi connectivity index (χ1) is 12.2. The second kappa shape index (κ2) is 7.08. The van der Waals surface area contributed by atoms with Crippen molar-refractivity contribution in [2.45, 2.75) is 48.8 Å². The second-order valence-corrected chi connectivity index (χ2v) is 7.59. The van der Waals surface area contributed by atoms with E-state index in [-0.39, 0.29) is 24.1 Å². The van der Waals surface area contributed by atoms with Crippen molar-refractivity contribution >= 4 is 17.7 Å². The fourth-order valence-corrected chi connectivity index (χ4v) is 4.51. The van der Waals surface area contributed by atoms with Gasteiger partial charge in [0, 0.05) is 47.6 Å². The number of carbonyl (C=O) groups excluding carboxylic acids is 1. The van der Waals surface area contributed by atoms with Gasteiger partial charge in [-0.3, -0.25) is 4.79 Å². The number of fused-ring (bicyclic) bond motifs is 2. The number of nitrogens with zero attached hydrogens (tertiary/aromatic N) is 2. The van der Waals surface area contributed by atoms with Crippen LogP contribution in [0.1, 0.15) is 36.0 Å². The minimum atomic E-state index is 0.147. The van der Waals surface area contributed by atoms with E-state index in [9.17, 15) is 4.79 Å². The monoisotopic (exact) mass is 354 g/mol. The second-order valence-electron chi connectivity index (χ2n) is 6.71. The third-order valence-electron chi connectivity index (χ3n) is 5.17. The number of thioether (sulfide) groups is 1. The van der Waals surface area contributed by atoms with Gasteiger partial charge >= 0.3 is 0 Å². The van der Waals surface area contributed by atoms with Crippen molar-refractivity contribution in [2.24, 2.45) is 0 Å². The largest absolute Gasteiger partial charge is 0.474 e. The van der Waals surface area contributed by atoms with E-state index in [0.717, 1.165) is 36.1 Å². The van der Waals surface area contributed by atoms with E-state index in [4.69, 9.17) is 4.74 Å². The SMILES string of the molecule is CSc1cccc(C(=O)N2C3CCC2CC(Oc2ccccn2)C3)c1. The maximum Gasteiger partial charge on any atom is 0.254 e. The number of hydrogen-bond donors (Lipinski definition) is 0. The van der Waals surface area contributed by atoms with Gasteiger partial charge in [-0.1, -0.05) is 12.1 Å². The smallest absolute Gasteiger partial charge is 0.254 e. The molecule has 1 amide bonds. The Labute approximate surface area is 152 Å². The molecule has 2 aliphatic heterocycles. The summed E-state index contributed by atoms with van der Waals surface area (Å²) in [5, 5.41) is 0. The summed E-state index contributed by atoms with van der Waals surface area (Å²) in [7, 11) is 0. The normalized spacial score (nSPS) is 25.0. The molecule has 2 atom stereocenters. The van der Waals surface area contributed by atoms with Crippen LogP contribution >= 0.6 is 11.8 Å². The highest BCUT2D eigenvalue weighted by Crippen LogP contribution is 2.38. The van der Waals surface area contributed by atoms with E-state index >= 15 is 0 Å². The molecule has 25 heavy (non-hydrogen) atoms. The number of hydrogen-bond acceptors (Lipinski definition) is 4. The van der Waals surface area contributed by atoms with Crippen molar-refractivity contribution in [1.82, 2.24) is 9.88 Å². The molecular formula is C20H22N2O2S. The van der Waals surface area contributed by atoms with Crippen molar-refractivity contribution < 1.29 is 9.53 Å². The van der Waals surface area contributed by atoms with E-state index in [1.165, 1.54) is 0 Å². The first-order valence-electron chi connectivity index (χ1n) is 8.79. The average molecular weight is 354 g/mol. The number of pyridine rings is 1. The van der Waals surface area contributed by atoms with E-state index in [0.29, 0.717) is 5.88 Å². The quantitative estimate of drug-likeness (QED) is 0.778. The van der Waals surface area contributed by atoms with Crippen LogP contribution in [0.2, 0.25) is 0 Å². The molecule has 0 N–H and O–H groups in total. The Hall–Kier alpha value is -2.01. The van der Waals surface area contributed by atoms with Gasteiger partial charge in [0.1, 0.15) is 6.10 Å². The Morgan fingerprint density at radius 2 is 1.96 bits per heavy atom. The van der Waals surface area contributed by atoms with Crippen LogP contribution in [0.3, 0.4) is 0 Å². The van der Waals surface area contributed by atoms with Crippen LogP contribution in [-0.4, -0.2) is 40.2 Å². The molecule has 1 aromatic heterocycles. The van der Waals surface area contributed by atoms with Gasteiger partial charge in [-0.05, 0) is 43.4 Å². The zero-order valence-electron chi connectivity index (χ0n) is 14.3. The molecule has 0 aliphatic carbocycles. The Morgan fingerprint density at radius 1 is 1.16 bits per heavy atom. The van der Waals surface area contributed by atoms with E-state index < -0.39 is 0 Å². The molecule has 2 aromatic rings. The van der Waals surface area contributed by atoms with Crippen molar-refractivity contribution in [1.29, 1.82) is 0 Å². The molecule has 2 saturated heterocycles. The van der Waals surface area contributed by atoms with Gasteiger partial charge in [-0.25, -0.2) is 4.98 Å². The summed E-state index contributed by atoms with van der Waals surface area (Å²) in [5.74, 6) is 0.846. The van der Waals surface area contributed by atoms with Gasteiger partial charge in [-0.15, -0.1) is 11.8 Å². The van der Waals surface area contributed by atoms with Crippen LogP contribution < -0.4 is 4.74 Å². The molecule has 2 unspecified atom stereocenters. The number of piperidine rings is 1. The Bertz CT molecular complexity index is 738. The first kappa shape index (κ1) is 16.5. The lowest BCUT2D eigenvalue weighted by molar-refractivity contribution is 0.0348. The van der Waals surface area contributed by atoms with Crippen LogP contribution in [0.4, 0.5) is 0 Å². The zero-order chi connectivity index (χ0) is 17.2. The average Bonchev–Trinajstić information content (AvgIpc) is 2.92. The predicted octanol–water partition coefficient (Wildman–Crippen LogP) is 4.02. The Kier molecular flexibility index (Phi) is 4.66. The third kappa shape index (κ3) is 3.38. The first-order valence-corrected chi connectivity index (χ1v) is 10.0. The lowest BCUT2D eigenvalue weighted by Gasteiger charge is -2.38. The van der Waals surface area contributed by atoms with Crippen molar-refractivity contribution in [3.05, 3.63) is 54.2 Å². The number of carbonyl (C=O) groups is 1. The topological polar surface area (TPSA) is 42.4 Å². The number of amides is 1. The number of ether oxygens (including phenoxy) is 1. The van der Waals surface area contributed by atoms with Crippen LogP contribution in [0.15, 0.2) is 53.6 Å². The minimum absolute atomic E-state index is 0.147. The zero-order valence-corrected chi connectivity index (χ0v) is 15.1. The van der Waals surface area contributed by atoms with Gasteiger partial charge in [0.05, 0.1) is 0 Å². The molecule has 3 heterocycles. The van der Waals surface area contributed by atoms with Gasteiger partial charge in [0.25, 0.3) is 5.91 Å². The number of benzene rings is 1. The summed E-state index contributed by atoms with van der Waals surface area (Å²) in [6.07, 6.45) is 7.85. The van der Waals surface area contributed by atoms with Crippen molar-refractivity contribution in [2.75, 3.05) is 6.26 Å². The van der Waals surface area contributed by atoms with Crippen molar-refractivity contribution in [3.8, 4) is 5.88 Å². The summed E-state index contributed by atoms with van der Waals surface area (Å²) in [6, 6.07) is 14.2. The van der Waals surface area contributed by atoms with Crippen molar-refractivity contribution in [3.63, 3.8) is 0 Å². The standard InChI is InChI=1S/C20H22N2O2S/c1-25-18-6-4-5-14(11-18)20(23)22-15-8-9-16(22)13-17(12-15)24-19-7-2-3-10-21-19/h2-7,10-11,15-17H,8-9,12-13H2,1H3. The minimum Gasteiger partial charge on any atom is -0.474 e. The highest BCUT2D eigenvalue weighted by atomic mass is 32.2. The highest BCUT2D eigenvalue weighted by Gasteiger charge is 2.44. The molecule has 4 nitrogen and oxygen atoms in total. The molecule has 2 fully saturated rings. The molecule has 1 aromatic carbocycles. The molecule has 2 bridgehead atoms. The predicted molar refractivity (Wildman–Crippen MR) is 99.1 cm³/mol. The molecule has 4 rings (SSSR count). The van der Waals surface area contributed by atoms with Gasteiger partial charge in [0.2, 0.25) is 5.88 Å². The fourth-order valence-electron chi connectivity index (χ4n) is 4.05. The van der Waals surface area contributed by atoms with E-state index in [1.807, 2.05) is 48.7 Å². The summed E-state index contributed by atoms with van der Waals surface area (Å²) < 4.78 is 6.05. The summed E-state index contributed by atoms with van der Waals surface area (Å²) >= 11 is 1.67. The molecule has 2 aliphatic rings. The molecule has 5 heteroatoms. The molecule has 0 radical (unpaired) electrons. The number of aromatic nitrogens is 1. The van der Waals surface area contributed by atoms with Crippen LogP contribution in [-0.2, 0) is 0 Å². The van der Waals surface area contributed by atoms with E-state index in [2.05, 4.69) is 9.88 Å². The summed E-state index contributed by atoms with van der Waals surface area (Å²) in [5.41, 5.74) is 0.799. The Balaban J connectivity index is 1.47. The Morgan fingerprint density at radius 3 is 2.64 bits per heavy atom. The summed E-state index contributed by atoms with van der Waals surface area (Å²) in [4.78, 5) is 20.6. The van der Waals surface area contributed by atoms with Crippen LogP contribution in [0.5, 0.6) is 5.88 Å². The van der Waals surface area contributed by atoms with Crippen LogP contribution in [0.25, 0.3) is 0 Å². The molecule has 0 saturated carbocycles. The lowest BCUT2D eigenvalue weighted by atomic mass is 9.98.